The Bertz CT molecular complexity index is 641. The SMILES string of the molecule is CC1=NC(C)=C(C#N)C(C)(c2ccccc2)C1C#N. The molecule has 0 aromatic heterocycles. The van der Waals surface area contributed by atoms with Crippen molar-refractivity contribution in [2.24, 2.45) is 10.9 Å². The van der Waals surface area contributed by atoms with Gasteiger partial charge < -0.3 is 0 Å². The van der Waals surface area contributed by atoms with E-state index in [1.165, 1.54) is 0 Å². The van der Waals surface area contributed by atoms with E-state index in [2.05, 4.69) is 17.1 Å². The molecule has 0 saturated heterocycles. The number of rotatable bonds is 1. The maximum absolute atomic E-state index is 9.50. The molecule has 94 valence electrons. The second-order valence-electron chi connectivity index (χ2n) is 4.96. The lowest BCUT2D eigenvalue weighted by atomic mass is 9.64. The lowest BCUT2D eigenvalue weighted by molar-refractivity contribution is 0.500. The van der Waals surface area contributed by atoms with E-state index < -0.39 is 11.3 Å². The van der Waals surface area contributed by atoms with Crippen LogP contribution in [-0.4, -0.2) is 5.71 Å². The van der Waals surface area contributed by atoms with Gasteiger partial charge in [-0.25, -0.2) is 0 Å². The molecular weight excluding hydrogens is 234 g/mol. The molecular formula is C16H15N3. The summed E-state index contributed by atoms with van der Waals surface area (Å²) in [7, 11) is 0. The first kappa shape index (κ1) is 13.1. The predicted octanol–water partition coefficient (Wildman–Crippen LogP) is 3.36. The van der Waals surface area contributed by atoms with E-state index in [-0.39, 0.29) is 0 Å². The summed E-state index contributed by atoms with van der Waals surface area (Å²) in [6, 6.07) is 14.3. The number of aliphatic imine (C=N–C) groups is 1. The topological polar surface area (TPSA) is 59.9 Å². The second-order valence-corrected chi connectivity index (χ2v) is 4.96. The van der Waals surface area contributed by atoms with Crippen LogP contribution in [0, 0.1) is 28.6 Å². The molecule has 3 heteroatoms. The second kappa shape index (κ2) is 4.71. The molecule has 2 rings (SSSR count). The van der Waals surface area contributed by atoms with Gasteiger partial charge in [-0.3, -0.25) is 4.99 Å². The Hall–Kier alpha value is -2.39. The molecule has 0 spiro atoms. The maximum atomic E-state index is 9.50. The minimum atomic E-state index is -0.624. The summed E-state index contributed by atoms with van der Waals surface area (Å²) < 4.78 is 0. The zero-order valence-electron chi connectivity index (χ0n) is 11.3. The van der Waals surface area contributed by atoms with E-state index in [1.807, 2.05) is 51.1 Å². The Labute approximate surface area is 113 Å². The molecule has 1 aliphatic heterocycles. The van der Waals surface area contributed by atoms with Gasteiger partial charge in [0.25, 0.3) is 0 Å². The molecule has 3 nitrogen and oxygen atoms in total. The van der Waals surface area contributed by atoms with Gasteiger partial charge in [-0.15, -0.1) is 0 Å². The van der Waals surface area contributed by atoms with Gasteiger partial charge in [0.05, 0.1) is 34.7 Å². The van der Waals surface area contributed by atoms with Gasteiger partial charge in [0, 0.05) is 5.71 Å². The van der Waals surface area contributed by atoms with E-state index in [0.29, 0.717) is 11.3 Å². The highest BCUT2D eigenvalue weighted by atomic mass is 14.8. The first-order valence-corrected chi connectivity index (χ1v) is 6.17. The molecule has 0 amide bonds. The Morgan fingerprint density at radius 2 is 1.79 bits per heavy atom. The molecule has 0 fully saturated rings. The van der Waals surface area contributed by atoms with E-state index >= 15 is 0 Å². The summed E-state index contributed by atoms with van der Waals surface area (Å²) in [4.78, 5) is 4.36. The zero-order chi connectivity index (χ0) is 14.0. The fraction of sp³-hybridized carbons (Fsp3) is 0.312. The molecule has 19 heavy (non-hydrogen) atoms. The first-order valence-electron chi connectivity index (χ1n) is 6.17. The largest absolute Gasteiger partial charge is 0.260 e. The standard InChI is InChI=1S/C16H15N3/c1-11-14(9-17)16(3,13-7-5-4-6-8-13)15(10-18)12(2)19-11/h4-8,14H,1-3H3. The Morgan fingerprint density at radius 3 is 2.32 bits per heavy atom. The molecule has 1 aliphatic rings. The highest BCUT2D eigenvalue weighted by molar-refractivity contribution is 5.91. The molecule has 0 radical (unpaired) electrons. The summed E-state index contributed by atoms with van der Waals surface area (Å²) in [5, 5.41) is 19.0. The first-order chi connectivity index (χ1) is 9.05. The van der Waals surface area contributed by atoms with Crippen LogP contribution in [-0.2, 0) is 5.41 Å². The average Bonchev–Trinajstić information content (AvgIpc) is 2.40. The van der Waals surface area contributed by atoms with Gasteiger partial charge >= 0.3 is 0 Å². The van der Waals surface area contributed by atoms with Crippen molar-refractivity contribution < 1.29 is 0 Å². The molecule has 0 saturated carbocycles. The third kappa shape index (κ3) is 1.84. The van der Waals surface area contributed by atoms with Crippen LogP contribution in [0.4, 0.5) is 0 Å². The van der Waals surface area contributed by atoms with Gasteiger partial charge in [-0.2, -0.15) is 10.5 Å². The minimum Gasteiger partial charge on any atom is -0.260 e. The number of hydrogen-bond acceptors (Lipinski definition) is 3. The molecule has 0 N–H and O–H groups in total. The summed E-state index contributed by atoms with van der Waals surface area (Å²) in [6.07, 6.45) is 0. The quantitative estimate of drug-likeness (QED) is 0.766. The van der Waals surface area contributed by atoms with Gasteiger partial charge in [0.15, 0.2) is 0 Å². The molecule has 1 heterocycles. The van der Waals surface area contributed by atoms with E-state index in [9.17, 15) is 10.5 Å². The van der Waals surface area contributed by atoms with Crippen molar-refractivity contribution in [2.75, 3.05) is 0 Å². The summed E-state index contributed by atoms with van der Waals surface area (Å²) in [5.74, 6) is -0.409. The van der Waals surface area contributed by atoms with Crippen LogP contribution in [0.5, 0.6) is 0 Å². The minimum absolute atomic E-state index is 0.409. The van der Waals surface area contributed by atoms with Crippen LogP contribution in [0.3, 0.4) is 0 Å². The number of hydrogen-bond donors (Lipinski definition) is 0. The number of nitriles is 2. The monoisotopic (exact) mass is 249 g/mol. The number of nitrogens with zero attached hydrogens (tertiary/aromatic N) is 3. The normalized spacial score (nSPS) is 26.4. The molecule has 2 unspecified atom stereocenters. The van der Waals surface area contributed by atoms with Crippen molar-refractivity contribution in [3.8, 4) is 12.1 Å². The van der Waals surface area contributed by atoms with Crippen molar-refractivity contribution in [3.63, 3.8) is 0 Å². The van der Waals surface area contributed by atoms with Crippen molar-refractivity contribution >= 4 is 5.71 Å². The highest BCUT2D eigenvalue weighted by Crippen LogP contribution is 2.43. The van der Waals surface area contributed by atoms with Crippen LogP contribution in [0.25, 0.3) is 0 Å². The number of benzene rings is 1. The Balaban J connectivity index is 2.75. The fourth-order valence-electron chi connectivity index (χ4n) is 2.84. The Morgan fingerprint density at radius 1 is 1.16 bits per heavy atom. The summed E-state index contributed by atoms with van der Waals surface area (Å²) >= 11 is 0. The highest BCUT2D eigenvalue weighted by Gasteiger charge is 2.44. The molecule has 0 bridgehead atoms. The zero-order valence-corrected chi connectivity index (χ0v) is 11.3. The Kier molecular flexibility index (Phi) is 3.23. The van der Waals surface area contributed by atoms with E-state index in [0.717, 1.165) is 11.3 Å². The predicted molar refractivity (Wildman–Crippen MR) is 74.3 cm³/mol. The smallest absolute Gasteiger partial charge is 0.0984 e. The number of allylic oxidation sites excluding steroid dienone is 2. The van der Waals surface area contributed by atoms with Crippen LogP contribution in [0.2, 0.25) is 0 Å². The van der Waals surface area contributed by atoms with Crippen LogP contribution < -0.4 is 0 Å². The third-order valence-corrected chi connectivity index (χ3v) is 3.83. The molecule has 0 aliphatic carbocycles. The van der Waals surface area contributed by atoms with Gasteiger partial charge in [0.1, 0.15) is 0 Å². The molecule has 1 aromatic rings. The van der Waals surface area contributed by atoms with Gasteiger partial charge in [0.2, 0.25) is 0 Å². The van der Waals surface area contributed by atoms with Gasteiger partial charge in [-0.05, 0) is 26.3 Å². The van der Waals surface area contributed by atoms with Crippen molar-refractivity contribution in [1.82, 2.24) is 0 Å². The van der Waals surface area contributed by atoms with E-state index in [1.54, 1.807) is 0 Å². The van der Waals surface area contributed by atoms with Crippen molar-refractivity contribution in [3.05, 3.63) is 47.2 Å². The van der Waals surface area contributed by atoms with Crippen molar-refractivity contribution in [2.45, 2.75) is 26.2 Å². The lowest BCUT2D eigenvalue weighted by Crippen LogP contribution is -2.40. The maximum Gasteiger partial charge on any atom is 0.0984 e. The van der Waals surface area contributed by atoms with Crippen LogP contribution in [0.1, 0.15) is 26.3 Å². The van der Waals surface area contributed by atoms with Crippen LogP contribution in [0.15, 0.2) is 46.6 Å². The van der Waals surface area contributed by atoms with Gasteiger partial charge in [-0.1, -0.05) is 30.3 Å². The third-order valence-electron chi connectivity index (χ3n) is 3.83. The molecule has 2 atom stereocenters. The van der Waals surface area contributed by atoms with Crippen molar-refractivity contribution in [1.29, 1.82) is 10.5 Å². The molecule has 1 aromatic carbocycles. The summed E-state index contributed by atoms with van der Waals surface area (Å²) in [6.45, 7) is 5.64. The summed E-state index contributed by atoms with van der Waals surface area (Å²) in [5.41, 5.74) is 2.41. The lowest BCUT2D eigenvalue weighted by Gasteiger charge is -2.37. The fourth-order valence-corrected chi connectivity index (χ4v) is 2.84. The average molecular weight is 249 g/mol. The van der Waals surface area contributed by atoms with Crippen LogP contribution >= 0.6 is 0 Å². The van der Waals surface area contributed by atoms with E-state index in [4.69, 9.17) is 0 Å².